The fraction of sp³-hybridized carbons (Fsp3) is 0.111. The zero-order valence-corrected chi connectivity index (χ0v) is 19.5. The van der Waals surface area contributed by atoms with Gasteiger partial charge >= 0.3 is 0 Å². The van der Waals surface area contributed by atoms with Crippen LogP contribution < -0.4 is 10.3 Å². The van der Waals surface area contributed by atoms with E-state index in [9.17, 15) is 14.0 Å². The van der Waals surface area contributed by atoms with Crippen molar-refractivity contribution in [3.8, 4) is 5.75 Å². The summed E-state index contributed by atoms with van der Waals surface area (Å²) in [5.41, 5.74) is 1.45. The molecule has 0 radical (unpaired) electrons. The zero-order valence-electron chi connectivity index (χ0n) is 18.7. The third-order valence-electron chi connectivity index (χ3n) is 5.31. The third-order valence-corrected chi connectivity index (χ3v) is 6.30. The molecular formula is C27H22FNO4S. The summed E-state index contributed by atoms with van der Waals surface area (Å²) in [4.78, 5) is 26.8. The summed E-state index contributed by atoms with van der Waals surface area (Å²) in [6, 6.07) is 22.5. The molecule has 4 rings (SSSR count). The number of hydrogen-bond donors (Lipinski definition) is 0. The molecule has 0 aliphatic rings. The highest BCUT2D eigenvalue weighted by Crippen LogP contribution is 2.33. The SMILES string of the molecule is COC(=C(C=O)Sc1cccc(OC)c1)c1cc2ccccc2n(Cc2ccc(F)cc2)c1=O. The van der Waals surface area contributed by atoms with Crippen molar-refractivity contribution in [2.24, 2.45) is 0 Å². The summed E-state index contributed by atoms with van der Waals surface area (Å²) in [5.74, 6) is 0.498. The molecule has 7 heteroatoms. The second-order valence-electron chi connectivity index (χ2n) is 7.43. The van der Waals surface area contributed by atoms with Crippen LogP contribution in [0.4, 0.5) is 4.39 Å². The van der Waals surface area contributed by atoms with Gasteiger partial charge in [-0.25, -0.2) is 4.39 Å². The molecule has 1 aromatic heterocycles. The van der Waals surface area contributed by atoms with Crippen molar-refractivity contribution in [3.05, 3.63) is 111 Å². The summed E-state index contributed by atoms with van der Waals surface area (Å²) in [6.45, 7) is 0.240. The Hall–Kier alpha value is -3.84. The largest absolute Gasteiger partial charge is 0.497 e. The van der Waals surface area contributed by atoms with Gasteiger partial charge in [-0.1, -0.05) is 48.2 Å². The number of halogens is 1. The molecule has 172 valence electrons. The van der Waals surface area contributed by atoms with Crippen LogP contribution in [0.5, 0.6) is 5.75 Å². The van der Waals surface area contributed by atoms with Crippen LogP contribution in [0.2, 0.25) is 0 Å². The van der Waals surface area contributed by atoms with Gasteiger partial charge in [-0.15, -0.1) is 0 Å². The van der Waals surface area contributed by atoms with Crippen LogP contribution >= 0.6 is 11.8 Å². The number of hydrogen-bond acceptors (Lipinski definition) is 5. The average Bonchev–Trinajstić information content (AvgIpc) is 2.87. The first-order valence-electron chi connectivity index (χ1n) is 10.5. The first-order chi connectivity index (χ1) is 16.5. The van der Waals surface area contributed by atoms with Gasteiger partial charge < -0.3 is 14.0 Å². The Balaban J connectivity index is 1.87. The molecule has 0 atom stereocenters. The lowest BCUT2D eigenvalue weighted by Gasteiger charge is -2.16. The van der Waals surface area contributed by atoms with Crippen molar-refractivity contribution in [1.29, 1.82) is 0 Å². The smallest absolute Gasteiger partial charge is 0.262 e. The van der Waals surface area contributed by atoms with Gasteiger partial charge in [0.25, 0.3) is 5.56 Å². The van der Waals surface area contributed by atoms with E-state index in [1.54, 1.807) is 35.9 Å². The number of para-hydroxylation sites is 1. The minimum Gasteiger partial charge on any atom is -0.497 e. The van der Waals surface area contributed by atoms with Gasteiger partial charge in [-0.2, -0.15) is 0 Å². The Labute approximate surface area is 200 Å². The normalized spacial score (nSPS) is 11.7. The number of carbonyl (C=O) groups is 1. The van der Waals surface area contributed by atoms with E-state index in [1.165, 1.54) is 31.0 Å². The van der Waals surface area contributed by atoms with Crippen LogP contribution in [-0.4, -0.2) is 25.1 Å². The average molecular weight is 476 g/mol. The van der Waals surface area contributed by atoms with E-state index in [4.69, 9.17) is 9.47 Å². The number of nitrogens with zero attached hydrogens (tertiary/aromatic N) is 1. The van der Waals surface area contributed by atoms with Gasteiger partial charge in [0.2, 0.25) is 0 Å². The molecular weight excluding hydrogens is 453 g/mol. The van der Waals surface area contributed by atoms with Crippen LogP contribution in [-0.2, 0) is 16.1 Å². The molecule has 0 N–H and O–H groups in total. The van der Waals surface area contributed by atoms with E-state index in [0.29, 0.717) is 12.0 Å². The summed E-state index contributed by atoms with van der Waals surface area (Å²) < 4.78 is 25.9. The van der Waals surface area contributed by atoms with Crippen molar-refractivity contribution < 1.29 is 18.7 Å². The first-order valence-corrected chi connectivity index (χ1v) is 11.3. The predicted octanol–water partition coefficient (Wildman–Crippen LogP) is 5.50. The molecule has 0 bridgehead atoms. The van der Waals surface area contributed by atoms with E-state index < -0.39 is 0 Å². The number of allylic oxidation sites excluding steroid dienone is 1. The third kappa shape index (κ3) is 4.89. The summed E-state index contributed by atoms with van der Waals surface area (Å²) in [7, 11) is 3.00. The van der Waals surface area contributed by atoms with E-state index in [1.807, 2.05) is 42.5 Å². The highest BCUT2D eigenvalue weighted by atomic mass is 32.2. The van der Waals surface area contributed by atoms with Crippen molar-refractivity contribution in [3.63, 3.8) is 0 Å². The van der Waals surface area contributed by atoms with Crippen LogP contribution in [0.3, 0.4) is 0 Å². The number of aromatic nitrogens is 1. The van der Waals surface area contributed by atoms with E-state index in [2.05, 4.69) is 0 Å². The number of carbonyl (C=O) groups excluding carboxylic acids is 1. The number of fused-ring (bicyclic) bond motifs is 1. The quantitative estimate of drug-likeness (QED) is 0.146. The van der Waals surface area contributed by atoms with Crippen molar-refractivity contribution in [2.45, 2.75) is 11.4 Å². The standard InChI is InChI=1S/C27H22FNO4S/c1-32-21-7-5-8-22(15-21)34-25(17-30)26(33-2)23-14-19-6-3-4-9-24(19)29(27(23)31)16-18-10-12-20(28)13-11-18/h3-15,17H,16H2,1-2H3. The zero-order chi connectivity index (χ0) is 24.1. The topological polar surface area (TPSA) is 57.5 Å². The molecule has 0 saturated heterocycles. The minimum atomic E-state index is -0.343. The summed E-state index contributed by atoms with van der Waals surface area (Å²) in [5, 5.41) is 0.811. The van der Waals surface area contributed by atoms with Gasteiger partial charge in [-0.05, 0) is 53.4 Å². The lowest BCUT2D eigenvalue weighted by atomic mass is 10.1. The molecule has 34 heavy (non-hydrogen) atoms. The number of pyridine rings is 1. The Kier molecular flexibility index (Phi) is 7.13. The lowest BCUT2D eigenvalue weighted by molar-refractivity contribution is -0.104. The fourth-order valence-electron chi connectivity index (χ4n) is 3.68. The van der Waals surface area contributed by atoms with Gasteiger partial charge in [0.15, 0.2) is 6.29 Å². The second kappa shape index (κ2) is 10.4. The molecule has 0 aliphatic carbocycles. The fourth-order valence-corrected chi connectivity index (χ4v) is 4.59. The Morgan fingerprint density at radius 3 is 2.47 bits per heavy atom. The number of methoxy groups -OCH3 is 2. The van der Waals surface area contributed by atoms with E-state index in [-0.39, 0.29) is 34.1 Å². The molecule has 0 aliphatic heterocycles. The van der Waals surface area contributed by atoms with Crippen LogP contribution in [0.15, 0.2) is 93.5 Å². The number of aldehydes is 1. The predicted molar refractivity (Wildman–Crippen MR) is 133 cm³/mol. The maximum atomic E-state index is 13.7. The summed E-state index contributed by atoms with van der Waals surface area (Å²) >= 11 is 1.19. The molecule has 3 aromatic carbocycles. The maximum Gasteiger partial charge on any atom is 0.262 e. The molecule has 1 heterocycles. The van der Waals surface area contributed by atoms with Gasteiger partial charge in [-0.3, -0.25) is 9.59 Å². The molecule has 4 aromatic rings. The second-order valence-corrected chi connectivity index (χ2v) is 8.55. The maximum absolute atomic E-state index is 13.7. The molecule has 5 nitrogen and oxygen atoms in total. The number of benzene rings is 3. The summed E-state index contributed by atoms with van der Waals surface area (Å²) in [6.07, 6.45) is 0.682. The number of ether oxygens (including phenoxy) is 2. The highest BCUT2D eigenvalue weighted by Gasteiger charge is 2.19. The molecule has 0 amide bonds. The van der Waals surface area contributed by atoms with Crippen LogP contribution in [0.1, 0.15) is 11.1 Å². The minimum absolute atomic E-state index is 0.187. The number of rotatable bonds is 8. The van der Waals surface area contributed by atoms with Gasteiger partial charge in [0, 0.05) is 4.90 Å². The molecule has 0 unspecified atom stereocenters. The molecule has 0 saturated carbocycles. The van der Waals surface area contributed by atoms with Gasteiger partial charge in [0.1, 0.15) is 17.3 Å². The van der Waals surface area contributed by atoms with Crippen LogP contribution in [0, 0.1) is 5.82 Å². The molecule has 0 fully saturated rings. The first kappa shape index (κ1) is 23.3. The van der Waals surface area contributed by atoms with Crippen LogP contribution in [0.25, 0.3) is 16.7 Å². The highest BCUT2D eigenvalue weighted by molar-refractivity contribution is 8.04. The monoisotopic (exact) mass is 475 g/mol. The lowest BCUT2D eigenvalue weighted by Crippen LogP contribution is -2.25. The van der Waals surface area contributed by atoms with E-state index in [0.717, 1.165) is 21.4 Å². The van der Waals surface area contributed by atoms with E-state index >= 15 is 0 Å². The Morgan fingerprint density at radius 1 is 1.00 bits per heavy atom. The number of thioether (sulfide) groups is 1. The Morgan fingerprint density at radius 2 is 1.76 bits per heavy atom. The van der Waals surface area contributed by atoms with Crippen molar-refractivity contribution in [2.75, 3.05) is 14.2 Å². The molecule has 0 spiro atoms. The Bertz CT molecular complexity index is 1430. The van der Waals surface area contributed by atoms with Crippen molar-refractivity contribution in [1.82, 2.24) is 4.57 Å². The van der Waals surface area contributed by atoms with Crippen molar-refractivity contribution >= 4 is 34.7 Å². The van der Waals surface area contributed by atoms with Gasteiger partial charge in [0.05, 0.1) is 36.7 Å².